The number of H-pyrrole nitrogens is 1. The number of hydrogen-bond donors (Lipinski definition) is 1. The van der Waals surface area contributed by atoms with Gasteiger partial charge in [-0.3, -0.25) is 9.36 Å². The van der Waals surface area contributed by atoms with E-state index in [-0.39, 0.29) is 17.3 Å². The smallest absolute Gasteiger partial charge is 0.311 e. The molecule has 4 nitrogen and oxygen atoms in total. The predicted octanol–water partition coefficient (Wildman–Crippen LogP) is 1.35. The van der Waals surface area contributed by atoms with E-state index in [1.807, 2.05) is 0 Å². The second-order valence-corrected chi connectivity index (χ2v) is 4.26. The third-order valence-corrected chi connectivity index (χ3v) is 3.04. The molecule has 15 heavy (non-hydrogen) atoms. The average molecular weight is 208 g/mol. The molecule has 1 fully saturated rings. The SMILES string of the molecule is Cc1cc(=O)n(C2CCCCC2)c(=O)[nH]1. The van der Waals surface area contributed by atoms with Gasteiger partial charge in [-0.15, -0.1) is 0 Å². The van der Waals surface area contributed by atoms with E-state index in [4.69, 9.17) is 0 Å². The lowest BCUT2D eigenvalue weighted by Crippen LogP contribution is -2.38. The zero-order chi connectivity index (χ0) is 10.8. The standard InChI is InChI=1S/C11H16N2O2/c1-8-7-10(14)13(11(15)12-8)9-5-3-2-4-6-9/h7,9H,2-6H2,1H3,(H,12,15). The van der Waals surface area contributed by atoms with Crippen LogP contribution in [0.15, 0.2) is 15.7 Å². The lowest BCUT2D eigenvalue weighted by molar-refractivity contribution is 0.336. The summed E-state index contributed by atoms with van der Waals surface area (Å²) < 4.78 is 1.38. The van der Waals surface area contributed by atoms with Crippen LogP contribution in [0.1, 0.15) is 43.8 Å². The second kappa shape index (κ2) is 4.04. The van der Waals surface area contributed by atoms with E-state index in [0.717, 1.165) is 25.7 Å². The summed E-state index contributed by atoms with van der Waals surface area (Å²) in [5.41, 5.74) is 0.215. The van der Waals surface area contributed by atoms with Gasteiger partial charge in [0.1, 0.15) is 0 Å². The summed E-state index contributed by atoms with van der Waals surface area (Å²) in [5.74, 6) is 0. The van der Waals surface area contributed by atoms with Gasteiger partial charge in [-0.05, 0) is 19.8 Å². The van der Waals surface area contributed by atoms with Crippen molar-refractivity contribution in [1.29, 1.82) is 0 Å². The normalized spacial score (nSPS) is 17.9. The van der Waals surface area contributed by atoms with Crippen molar-refractivity contribution in [2.75, 3.05) is 0 Å². The molecule has 4 heteroatoms. The van der Waals surface area contributed by atoms with E-state index >= 15 is 0 Å². The monoisotopic (exact) mass is 208 g/mol. The first kappa shape index (κ1) is 10.2. The van der Waals surface area contributed by atoms with Crippen LogP contribution in [0, 0.1) is 6.92 Å². The van der Waals surface area contributed by atoms with Gasteiger partial charge in [0.2, 0.25) is 0 Å². The molecule has 0 radical (unpaired) electrons. The van der Waals surface area contributed by atoms with Gasteiger partial charge in [-0.2, -0.15) is 0 Å². The zero-order valence-electron chi connectivity index (χ0n) is 8.95. The Hall–Kier alpha value is -1.32. The van der Waals surface area contributed by atoms with Crippen LogP contribution in [0.25, 0.3) is 0 Å². The van der Waals surface area contributed by atoms with Crippen molar-refractivity contribution in [1.82, 2.24) is 9.55 Å². The fraction of sp³-hybridized carbons (Fsp3) is 0.636. The summed E-state index contributed by atoms with van der Waals surface area (Å²) >= 11 is 0. The maximum Gasteiger partial charge on any atom is 0.328 e. The molecule has 2 rings (SSSR count). The molecule has 0 unspecified atom stereocenters. The first-order chi connectivity index (χ1) is 7.18. The number of aryl methyl sites for hydroxylation is 1. The van der Waals surface area contributed by atoms with Crippen LogP contribution in [-0.2, 0) is 0 Å². The second-order valence-electron chi connectivity index (χ2n) is 4.26. The molecule has 1 N–H and O–H groups in total. The van der Waals surface area contributed by atoms with Crippen LogP contribution < -0.4 is 11.2 Å². The molecule has 0 amide bonds. The van der Waals surface area contributed by atoms with Gasteiger partial charge < -0.3 is 4.98 Å². The van der Waals surface area contributed by atoms with Crippen LogP contribution in [0.4, 0.5) is 0 Å². The van der Waals surface area contributed by atoms with Gasteiger partial charge >= 0.3 is 5.69 Å². The third kappa shape index (κ3) is 2.03. The number of aromatic amines is 1. The van der Waals surface area contributed by atoms with Crippen LogP contribution in [0.3, 0.4) is 0 Å². The average Bonchev–Trinajstić information content (AvgIpc) is 2.17. The summed E-state index contributed by atoms with van der Waals surface area (Å²) in [7, 11) is 0. The summed E-state index contributed by atoms with van der Waals surface area (Å²) in [6, 6.07) is 1.60. The maximum absolute atomic E-state index is 11.7. The van der Waals surface area contributed by atoms with Crippen LogP contribution in [0.2, 0.25) is 0 Å². The first-order valence-corrected chi connectivity index (χ1v) is 5.51. The van der Waals surface area contributed by atoms with Crippen molar-refractivity contribution < 1.29 is 0 Å². The molecule has 1 heterocycles. The molecule has 0 saturated heterocycles. The Kier molecular flexibility index (Phi) is 2.75. The number of nitrogens with zero attached hydrogens (tertiary/aromatic N) is 1. The molecule has 1 aromatic rings. The summed E-state index contributed by atoms with van der Waals surface area (Å²) in [6.45, 7) is 1.73. The molecule has 0 bridgehead atoms. The Morgan fingerprint density at radius 1 is 1.27 bits per heavy atom. The van der Waals surface area contributed by atoms with Crippen LogP contribution in [0.5, 0.6) is 0 Å². The highest BCUT2D eigenvalue weighted by Crippen LogP contribution is 2.25. The van der Waals surface area contributed by atoms with E-state index < -0.39 is 0 Å². The third-order valence-electron chi connectivity index (χ3n) is 3.04. The van der Waals surface area contributed by atoms with Crippen molar-refractivity contribution >= 4 is 0 Å². The van der Waals surface area contributed by atoms with E-state index in [2.05, 4.69) is 4.98 Å². The highest BCUT2D eigenvalue weighted by atomic mass is 16.2. The molecule has 1 aliphatic rings. The fourth-order valence-corrected chi connectivity index (χ4v) is 2.30. The van der Waals surface area contributed by atoms with Gasteiger partial charge in [0, 0.05) is 17.8 Å². The van der Waals surface area contributed by atoms with E-state index in [9.17, 15) is 9.59 Å². The van der Waals surface area contributed by atoms with Crippen LogP contribution >= 0.6 is 0 Å². The Bertz CT molecular complexity index is 421. The Morgan fingerprint density at radius 3 is 2.53 bits per heavy atom. The fourth-order valence-electron chi connectivity index (χ4n) is 2.30. The highest BCUT2D eigenvalue weighted by Gasteiger charge is 2.18. The Balaban J connectivity index is 2.43. The van der Waals surface area contributed by atoms with Gasteiger partial charge in [-0.1, -0.05) is 19.3 Å². The maximum atomic E-state index is 11.7. The molecular weight excluding hydrogens is 192 g/mol. The van der Waals surface area contributed by atoms with Crippen LogP contribution in [-0.4, -0.2) is 9.55 Å². The minimum absolute atomic E-state index is 0.107. The lowest BCUT2D eigenvalue weighted by Gasteiger charge is -2.22. The van der Waals surface area contributed by atoms with Gasteiger partial charge in [0.15, 0.2) is 0 Å². The number of rotatable bonds is 1. The summed E-state index contributed by atoms with van der Waals surface area (Å²) in [4.78, 5) is 26.1. The van der Waals surface area contributed by atoms with Crippen molar-refractivity contribution in [3.8, 4) is 0 Å². The van der Waals surface area contributed by atoms with E-state index in [0.29, 0.717) is 5.69 Å². The molecule has 1 aliphatic carbocycles. The van der Waals surface area contributed by atoms with Crippen molar-refractivity contribution in [2.24, 2.45) is 0 Å². The molecule has 0 atom stereocenters. The molecule has 0 spiro atoms. The van der Waals surface area contributed by atoms with Crippen molar-refractivity contribution in [2.45, 2.75) is 45.1 Å². The highest BCUT2D eigenvalue weighted by molar-refractivity contribution is 4.97. The lowest BCUT2D eigenvalue weighted by atomic mass is 9.95. The Labute approximate surface area is 88.0 Å². The topological polar surface area (TPSA) is 54.9 Å². The van der Waals surface area contributed by atoms with Gasteiger partial charge in [0.05, 0.1) is 0 Å². The molecule has 82 valence electrons. The molecule has 1 aromatic heterocycles. The number of hydrogen-bond acceptors (Lipinski definition) is 2. The van der Waals surface area contributed by atoms with Crippen molar-refractivity contribution in [3.63, 3.8) is 0 Å². The largest absolute Gasteiger partial charge is 0.328 e. The Morgan fingerprint density at radius 2 is 1.93 bits per heavy atom. The number of nitrogens with one attached hydrogen (secondary N) is 1. The quantitative estimate of drug-likeness (QED) is 0.757. The van der Waals surface area contributed by atoms with E-state index in [1.54, 1.807) is 6.92 Å². The summed E-state index contributed by atoms with van der Waals surface area (Å²) in [5, 5.41) is 0. The van der Waals surface area contributed by atoms with Gasteiger partial charge in [-0.25, -0.2) is 4.79 Å². The van der Waals surface area contributed by atoms with Crippen molar-refractivity contribution in [3.05, 3.63) is 32.6 Å². The molecule has 0 aliphatic heterocycles. The number of aromatic nitrogens is 2. The minimum Gasteiger partial charge on any atom is -0.311 e. The predicted molar refractivity (Wildman–Crippen MR) is 58.2 cm³/mol. The summed E-state index contributed by atoms with van der Waals surface area (Å²) in [6.07, 6.45) is 5.35. The van der Waals surface area contributed by atoms with Gasteiger partial charge in [0.25, 0.3) is 5.56 Å². The molecule has 0 aromatic carbocycles. The molecular formula is C11H16N2O2. The van der Waals surface area contributed by atoms with E-state index in [1.165, 1.54) is 17.1 Å². The zero-order valence-corrected chi connectivity index (χ0v) is 8.95. The molecule has 1 saturated carbocycles. The first-order valence-electron chi connectivity index (χ1n) is 5.51. The minimum atomic E-state index is -0.257.